The van der Waals surface area contributed by atoms with Gasteiger partial charge in [-0.25, -0.2) is 4.79 Å². The Balaban J connectivity index is 3.55. The summed E-state index contributed by atoms with van der Waals surface area (Å²) in [4.78, 5) is 20.6. The predicted octanol–water partition coefficient (Wildman–Crippen LogP) is 1.56. The molecule has 0 aliphatic carbocycles. The molecule has 0 bridgehead atoms. The first-order valence-corrected chi connectivity index (χ1v) is 6.72. The maximum Gasteiger partial charge on any atom is 0.441 e. The highest BCUT2D eigenvalue weighted by atomic mass is 32.2. The maximum atomic E-state index is 11.7. The highest BCUT2D eigenvalue weighted by molar-refractivity contribution is 8.03. The lowest BCUT2D eigenvalue weighted by Gasteiger charge is -2.10. The van der Waals surface area contributed by atoms with Crippen molar-refractivity contribution < 1.29 is 27.9 Å². The van der Waals surface area contributed by atoms with E-state index in [1.54, 1.807) is 0 Å². The van der Waals surface area contributed by atoms with Crippen LogP contribution in [0, 0.1) is 0 Å². The van der Waals surface area contributed by atoms with Gasteiger partial charge in [-0.2, -0.15) is 24.9 Å². The number of hydrogen-bond acceptors (Lipinski definition) is 4. The molecule has 100 valence electrons. The lowest BCUT2D eigenvalue weighted by molar-refractivity contribution is -0.140. The molecular weight excluding hydrogens is 279 g/mol. The molecule has 0 radical (unpaired) electrons. The topological polar surface area (TPSA) is 66.4 Å². The summed E-state index contributed by atoms with van der Waals surface area (Å²) in [6.07, 6.45) is 0.485. The van der Waals surface area contributed by atoms with E-state index < -0.39 is 17.5 Å². The predicted molar refractivity (Wildman–Crippen MR) is 61.1 cm³/mol. The molecule has 0 aromatic carbocycles. The molecular formula is C8H12F3NO3S2. The lowest BCUT2D eigenvalue weighted by atomic mass is 10.2. The van der Waals surface area contributed by atoms with Gasteiger partial charge in [0.2, 0.25) is 6.41 Å². The van der Waals surface area contributed by atoms with Gasteiger partial charge in [0.05, 0.1) is 0 Å². The fraction of sp³-hybridized carbons (Fsp3) is 0.750. The Morgan fingerprint density at radius 3 is 2.47 bits per heavy atom. The monoisotopic (exact) mass is 291 g/mol. The van der Waals surface area contributed by atoms with Crippen LogP contribution in [0.4, 0.5) is 13.2 Å². The van der Waals surface area contributed by atoms with Crippen LogP contribution in [-0.2, 0) is 9.59 Å². The molecule has 1 amide bonds. The quantitative estimate of drug-likeness (QED) is 0.498. The third-order valence-electron chi connectivity index (χ3n) is 1.61. The molecule has 4 nitrogen and oxygen atoms in total. The van der Waals surface area contributed by atoms with Crippen LogP contribution in [0.15, 0.2) is 0 Å². The smallest absolute Gasteiger partial charge is 0.441 e. The number of rotatable bonds is 9. The van der Waals surface area contributed by atoms with Crippen LogP contribution in [0.5, 0.6) is 0 Å². The van der Waals surface area contributed by atoms with Crippen molar-refractivity contribution in [3.63, 3.8) is 0 Å². The van der Waals surface area contributed by atoms with E-state index in [1.165, 1.54) is 11.8 Å². The zero-order valence-electron chi connectivity index (χ0n) is 8.70. The van der Waals surface area contributed by atoms with Crippen LogP contribution >= 0.6 is 23.5 Å². The molecule has 2 N–H and O–H groups in total. The van der Waals surface area contributed by atoms with Gasteiger partial charge in [-0.15, -0.1) is 0 Å². The SMILES string of the molecule is O=CNC(CCSCCSC(F)(F)F)C(=O)O. The Bertz CT molecular complexity index is 251. The molecule has 0 aromatic heterocycles. The molecule has 0 fully saturated rings. The standard InChI is InChI=1S/C8H12F3NO3S2/c9-8(10,11)17-4-3-16-2-1-6(7(14)15)12-5-13/h5-6H,1-4H2,(H,12,13)(H,14,15). The first-order valence-electron chi connectivity index (χ1n) is 4.57. The van der Waals surface area contributed by atoms with Gasteiger partial charge < -0.3 is 10.4 Å². The number of amides is 1. The van der Waals surface area contributed by atoms with E-state index in [0.717, 1.165) is 0 Å². The second-order valence-corrected chi connectivity index (χ2v) is 5.26. The van der Waals surface area contributed by atoms with E-state index >= 15 is 0 Å². The van der Waals surface area contributed by atoms with E-state index in [0.29, 0.717) is 12.2 Å². The van der Waals surface area contributed by atoms with Gasteiger partial charge in [-0.3, -0.25) is 4.79 Å². The molecule has 0 aliphatic heterocycles. The number of halogens is 3. The number of carboxylic acids is 1. The largest absolute Gasteiger partial charge is 0.480 e. The zero-order chi connectivity index (χ0) is 13.3. The summed E-state index contributed by atoms with van der Waals surface area (Å²) >= 11 is 1.13. The van der Waals surface area contributed by atoms with Crippen LogP contribution in [-0.4, -0.2) is 46.3 Å². The van der Waals surface area contributed by atoms with E-state index in [-0.39, 0.29) is 29.7 Å². The van der Waals surface area contributed by atoms with Gasteiger partial charge in [0.25, 0.3) is 0 Å². The normalized spacial score (nSPS) is 13.1. The minimum atomic E-state index is -4.22. The van der Waals surface area contributed by atoms with Gasteiger partial charge in [0.15, 0.2) is 0 Å². The number of carbonyl (C=O) groups is 2. The highest BCUT2D eigenvalue weighted by Gasteiger charge is 2.27. The number of carbonyl (C=O) groups excluding carboxylic acids is 1. The molecule has 0 aliphatic rings. The van der Waals surface area contributed by atoms with E-state index in [9.17, 15) is 22.8 Å². The highest BCUT2D eigenvalue weighted by Crippen LogP contribution is 2.30. The van der Waals surface area contributed by atoms with Crippen molar-refractivity contribution in [2.24, 2.45) is 0 Å². The molecule has 0 rings (SSSR count). The minimum Gasteiger partial charge on any atom is -0.480 e. The van der Waals surface area contributed by atoms with Crippen molar-refractivity contribution in [1.82, 2.24) is 5.32 Å². The second kappa shape index (κ2) is 8.51. The molecule has 0 saturated carbocycles. The average molecular weight is 291 g/mol. The number of nitrogens with one attached hydrogen (secondary N) is 1. The zero-order valence-corrected chi connectivity index (χ0v) is 10.3. The van der Waals surface area contributed by atoms with Crippen LogP contribution in [0.25, 0.3) is 0 Å². The Labute approximate surface area is 105 Å². The number of thioether (sulfide) groups is 2. The van der Waals surface area contributed by atoms with Crippen molar-refractivity contribution in [2.75, 3.05) is 17.3 Å². The van der Waals surface area contributed by atoms with Crippen LogP contribution in [0.3, 0.4) is 0 Å². The summed E-state index contributed by atoms with van der Waals surface area (Å²) in [5.74, 6) is -0.539. The maximum absolute atomic E-state index is 11.7. The molecule has 1 atom stereocenters. The lowest BCUT2D eigenvalue weighted by Crippen LogP contribution is -2.36. The Hall–Kier alpha value is -0.570. The summed E-state index contributed by atoms with van der Waals surface area (Å²) in [7, 11) is 0. The van der Waals surface area contributed by atoms with E-state index in [2.05, 4.69) is 5.32 Å². The van der Waals surface area contributed by atoms with Crippen molar-refractivity contribution in [1.29, 1.82) is 0 Å². The molecule has 9 heteroatoms. The first kappa shape index (κ1) is 16.4. The van der Waals surface area contributed by atoms with Gasteiger partial charge in [-0.05, 0) is 12.2 Å². The van der Waals surface area contributed by atoms with Crippen molar-refractivity contribution in [3.8, 4) is 0 Å². The minimum absolute atomic E-state index is 0.0625. The summed E-state index contributed by atoms with van der Waals surface area (Å²) in [5.41, 5.74) is -4.22. The van der Waals surface area contributed by atoms with Crippen LogP contribution in [0.1, 0.15) is 6.42 Å². The Morgan fingerprint density at radius 1 is 1.35 bits per heavy atom. The van der Waals surface area contributed by atoms with Crippen molar-refractivity contribution in [2.45, 2.75) is 18.0 Å². The Morgan fingerprint density at radius 2 is 2.00 bits per heavy atom. The summed E-state index contributed by atoms with van der Waals surface area (Å²) in [6.45, 7) is 0. The van der Waals surface area contributed by atoms with Gasteiger partial charge in [0, 0.05) is 11.5 Å². The average Bonchev–Trinajstić information content (AvgIpc) is 2.19. The van der Waals surface area contributed by atoms with Crippen molar-refractivity contribution in [3.05, 3.63) is 0 Å². The fourth-order valence-electron chi connectivity index (χ4n) is 0.880. The van der Waals surface area contributed by atoms with Crippen LogP contribution < -0.4 is 5.32 Å². The number of hydrogen-bond donors (Lipinski definition) is 2. The molecule has 17 heavy (non-hydrogen) atoms. The molecule has 0 spiro atoms. The fourth-order valence-corrected chi connectivity index (χ4v) is 2.52. The third kappa shape index (κ3) is 10.3. The molecule has 0 heterocycles. The second-order valence-electron chi connectivity index (χ2n) is 2.87. The third-order valence-corrected chi connectivity index (χ3v) is 3.62. The first-order chi connectivity index (χ1) is 7.87. The van der Waals surface area contributed by atoms with E-state index in [1.807, 2.05) is 0 Å². The van der Waals surface area contributed by atoms with Gasteiger partial charge >= 0.3 is 11.5 Å². The molecule has 0 saturated heterocycles. The summed E-state index contributed by atoms with van der Waals surface area (Å²) in [5, 5.41) is 10.7. The van der Waals surface area contributed by atoms with Crippen LogP contribution in [0.2, 0.25) is 0 Å². The van der Waals surface area contributed by atoms with Gasteiger partial charge in [0.1, 0.15) is 6.04 Å². The number of carboxylic acid groups (broad SMARTS) is 1. The number of alkyl halides is 3. The summed E-state index contributed by atoms with van der Waals surface area (Å²) < 4.78 is 35.2. The number of aliphatic carboxylic acids is 1. The van der Waals surface area contributed by atoms with Gasteiger partial charge in [-0.1, -0.05) is 11.8 Å². The Kier molecular flexibility index (Phi) is 8.23. The van der Waals surface area contributed by atoms with E-state index in [4.69, 9.17) is 5.11 Å². The summed E-state index contributed by atoms with van der Waals surface area (Å²) in [6, 6.07) is -0.977. The molecule has 0 aromatic rings. The van der Waals surface area contributed by atoms with Crippen molar-refractivity contribution >= 4 is 35.9 Å². The molecule has 1 unspecified atom stereocenters.